The highest BCUT2D eigenvalue weighted by Gasteiger charge is 2.54. The fourth-order valence-corrected chi connectivity index (χ4v) is 4.77. The van der Waals surface area contributed by atoms with Gasteiger partial charge in [0.05, 0.1) is 54.4 Å². The van der Waals surface area contributed by atoms with E-state index in [0.717, 1.165) is 28.2 Å². The number of allylic oxidation sites excluding steroid dienone is 2. The van der Waals surface area contributed by atoms with Crippen molar-refractivity contribution in [2.45, 2.75) is 12.8 Å². The summed E-state index contributed by atoms with van der Waals surface area (Å²) in [6.45, 7) is 5.61. The van der Waals surface area contributed by atoms with Gasteiger partial charge in [-0.25, -0.2) is 0 Å². The first kappa shape index (κ1) is 12.7. The maximum Gasteiger partial charge on any atom is 0.0839 e. The summed E-state index contributed by atoms with van der Waals surface area (Å²) in [7, 11) is 9.43. The van der Waals surface area contributed by atoms with Crippen molar-refractivity contribution in [3.8, 4) is 0 Å². The van der Waals surface area contributed by atoms with Gasteiger partial charge in [0.15, 0.2) is 0 Å². The van der Waals surface area contributed by atoms with Crippen LogP contribution in [0.3, 0.4) is 0 Å². The second-order valence-corrected chi connectivity index (χ2v) is 8.35. The lowest BCUT2D eigenvalue weighted by molar-refractivity contribution is -0.910. The Balaban J connectivity index is 1.55. The third kappa shape index (κ3) is 2.25. The molecule has 3 aliphatic rings. The van der Waals surface area contributed by atoms with Crippen LogP contribution in [-0.4, -0.2) is 63.3 Å². The molecule has 4 atom stereocenters. The monoisotopic (exact) mass is 250 g/mol. The average Bonchev–Trinajstić information content (AvgIpc) is 2.85. The van der Waals surface area contributed by atoms with E-state index >= 15 is 0 Å². The van der Waals surface area contributed by atoms with Crippen molar-refractivity contribution in [1.82, 2.24) is 0 Å². The van der Waals surface area contributed by atoms with E-state index in [9.17, 15) is 0 Å². The van der Waals surface area contributed by atoms with Gasteiger partial charge in [0.1, 0.15) is 0 Å². The van der Waals surface area contributed by atoms with Crippen LogP contribution in [0.5, 0.6) is 0 Å². The van der Waals surface area contributed by atoms with Crippen molar-refractivity contribution >= 4 is 0 Å². The van der Waals surface area contributed by atoms with Crippen molar-refractivity contribution in [3.63, 3.8) is 0 Å². The van der Waals surface area contributed by atoms with E-state index in [4.69, 9.17) is 0 Å². The first-order chi connectivity index (χ1) is 8.36. The molecule has 1 saturated heterocycles. The van der Waals surface area contributed by atoms with Gasteiger partial charge in [0.25, 0.3) is 0 Å². The van der Waals surface area contributed by atoms with E-state index in [0.29, 0.717) is 0 Å². The normalized spacial score (nSPS) is 45.8. The number of quaternary nitrogens is 2. The molecule has 2 nitrogen and oxygen atoms in total. The molecule has 1 aliphatic heterocycles. The third-order valence-corrected chi connectivity index (χ3v) is 5.63. The highest BCUT2D eigenvalue weighted by atomic mass is 15.4. The minimum atomic E-state index is 0.943. The number of nitrogens with zero attached hydrogens (tertiary/aromatic N) is 2. The summed E-state index contributed by atoms with van der Waals surface area (Å²) in [5.74, 6) is 3.93. The molecule has 4 unspecified atom stereocenters. The maximum atomic E-state index is 2.52. The van der Waals surface area contributed by atoms with Gasteiger partial charge in [-0.15, -0.1) is 0 Å². The molecule has 0 amide bonds. The molecule has 18 heavy (non-hydrogen) atoms. The molecular formula is C16H30N2+2. The zero-order chi connectivity index (χ0) is 13.0. The van der Waals surface area contributed by atoms with Crippen LogP contribution in [0.15, 0.2) is 12.2 Å². The van der Waals surface area contributed by atoms with Crippen molar-refractivity contribution in [2.24, 2.45) is 23.7 Å². The van der Waals surface area contributed by atoms with Crippen LogP contribution in [0.1, 0.15) is 12.8 Å². The Morgan fingerprint density at radius 2 is 1.61 bits per heavy atom. The first-order valence-corrected chi connectivity index (χ1v) is 7.69. The molecule has 102 valence electrons. The number of likely N-dealkylation sites (tertiary alicyclic amines) is 1. The lowest BCUT2D eigenvalue weighted by Gasteiger charge is -2.33. The van der Waals surface area contributed by atoms with Crippen LogP contribution in [-0.2, 0) is 0 Å². The topological polar surface area (TPSA) is 0 Å². The first-order valence-electron chi connectivity index (χ1n) is 7.69. The molecule has 0 radical (unpaired) electrons. The Kier molecular flexibility index (Phi) is 2.87. The van der Waals surface area contributed by atoms with Gasteiger partial charge >= 0.3 is 0 Å². The maximum absolute atomic E-state index is 2.52. The van der Waals surface area contributed by atoms with E-state index in [1.165, 1.54) is 43.5 Å². The van der Waals surface area contributed by atoms with E-state index in [-0.39, 0.29) is 0 Å². The van der Waals surface area contributed by atoms with Crippen LogP contribution >= 0.6 is 0 Å². The zero-order valence-electron chi connectivity index (χ0n) is 12.6. The Labute approximate surface area is 112 Å². The molecule has 2 bridgehead atoms. The number of hydrogen-bond donors (Lipinski definition) is 0. The minimum absolute atomic E-state index is 0.943. The van der Waals surface area contributed by atoms with Crippen LogP contribution in [0.25, 0.3) is 0 Å². The number of fused-ring (bicyclic) bond motifs is 5. The minimum Gasteiger partial charge on any atom is -0.331 e. The Hall–Kier alpha value is -0.340. The summed E-state index contributed by atoms with van der Waals surface area (Å²) in [6, 6.07) is 0. The second-order valence-electron chi connectivity index (χ2n) is 8.35. The molecule has 0 aromatic heterocycles. The van der Waals surface area contributed by atoms with Gasteiger partial charge in [0.2, 0.25) is 0 Å². The fourth-order valence-electron chi connectivity index (χ4n) is 4.77. The van der Waals surface area contributed by atoms with Crippen LogP contribution in [0.4, 0.5) is 0 Å². The van der Waals surface area contributed by atoms with E-state index < -0.39 is 0 Å². The summed E-state index contributed by atoms with van der Waals surface area (Å²) in [6.07, 6.45) is 7.90. The standard InChI is InChI=1S/C16H30N2/c1-17(2,3)8-5-9-18(4)11-15-13-6-7-14(10-13)16(15)12-18/h6-7,13-16H,5,8-12H2,1-4H3/q+2. The van der Waals surface area contributed by atoms with E-state index in [1.54, 1.807) is 0 Å². The van der Waals surface area contributed by atoms with Crippen LogP contribution in [0, 0.1) is 23.7 Å². The third-order valence-electron chi connectivity index (χ3n) is 5.63. The molecule has 2 aliphatic carbocycles. The quantitative estimate of drug-likeness (QED) is 0.529. The molecular weight excluding hydrogens is 220 g/mol. The summed E-state index contributed by atoms with van der Waals surface area (Å²) >= 11 is 0. The highest BCUT2D eigenvalue weighted by Crippen LogP contribution is 2.52. The summed E-state index contributed by atoms with van der Waals surface area (Å²) < 4.78 is 2.46. The summed E-state index contributed by atoms with van der Waals surface area (Å²) in [4.78, 5) is 0. The molecule has 2 heteroatoms. The molecule has 1 saturated carbocycles. The van der Waals surface area contributed by atoms with Crippen LogP contribution < -0.4 is 0 Å². The van der Waals surface area contributed by atoms with Crippen molar-refractivity contribution in [1.29, 1.82) is 0 Å². The smallest absolute Gasteiger partial charge is 0.0839 e. The second kappa shape index (κ2) is 4.08. The predicted octanol–water partition coefficient (Wildman–Crippen LogP) is 1.98. The fraction of sp³-hybridized carbons (Fsp3) is 0.875. The lowest BCUT2D eigenvalue weighted by Crippen LogP contribution is -2.46. The Bertz CT molecular complexity index is 333. The molecule has 0 N–H and O–H groups in total. The van der Waals surface area contributed by atoms with Gasteiger partial charge in [-0.1, -0.05) is 12.2 Å². The molecule has 0 spiro atoms. The van der Waals surface area contributed by atoms with Gasteiger partial charge in [-0.3, -0.25) is 0 Å². The van der Waals surface area contributed by atoms with E-state index in [1.807, 2.05) is 0 Å². The van der Waals surface area contributed by atoms with Gasteiger partial charge < -0.3 is 8.97 Å². The number of rotatable bonds is 4. The van der Waals surface area contributed by atoms with E-state index in [2.05, 4.69) is 40.3 Å². The summed E-state index contributed by atoms with van der Waals surface area (Å²) in [5.41, 5.74) is 0. The molecule has 1 heterocycles. The predicted molar refractivity (Wildman–Crippen MR) is 76.0 cm³/mol. The largest absolute Gasteiger partial charge is 0.331 e. The molecule has 0 aromatic rings. The van der Waals surface area contributed by atoms with Gasteiger partial charge in [-0.05, 0) is 18.3 Å². The van der Waals surface area contributed by atoms with Gasteiger partial charge in [0, 0.05) is 18.3 Å². The van der Waals surface area contributed by atoms with Gasteiger partial charge in [-0.2, -0.15) is 0 Å². The van der Waals surface area contributed by atoms with Crippen LogP contribution in [0.2, 0.25) is 0 Å². The average molecular weight is 250 g/mol. The Morgan fingerprint density at radius 3 is 2.11 bits per heavy atom. The molecule has 0 aromatic carbocycles. The van der Waals surface area contributed by atoms with Crippen molar-refractivity contribution in [3.05, 3.63) is 12.2 Å². The SMILES string of the molecule is C[N+](C)(C)CCC[N+]1(C)CC2C3C=CC(C3)C2C1. The van der Waals surface area contributed by atoms with Crippen molar-refractivity contribution in [2.75, 3.05) is 54.4 Å². The lowest BCUT2D eigenvalue weighted by atomic mass is 9.86. The van der Waals surface area contributed by atoms with Crippen molar-refractivity contribution < 1.29 is 8.97 Å². The number of hydrogen-bond acceptors (Lipinski definition) is 0. The highest BCUT2D eigenvalue weighted by molar-refractivity contribution is 5.14. The molecule has 2 fully saturated rings. The summed E-state index contributed by atoms with van der Waals surface area (Å²) in [5, 5.41) is 0. The Morgan fingerprint density at radius 1 is 1.06 bits per heavy atom. The zero-order valence-corrected chi connectivity index (χ0v) is 12.6. The molecule has 3 rings (SSSR count).